The SMILES string of the molecule is CCS(=O)(=O)N(C)C1CCN(c2cc(C)c([N+](=O)[O-])cn2)CC1. The second-order valence-corrected chi connectivity index (χ2v) is 8.04. The molecule has 2 rings (SSSR count). The number of rotatable bonds is 5. The van der Waals surface area contributed by atoms with Gasteiger partial charge in [-0.05, 0) is 32.8 Å². The van der Waals surface area contributed by atoms with Gasteiger partial charge in [0.05, 0.1) is 10.7 Å². The van der Waals surface area contributed by atoms with Crippen LogP contribution in [0.15, 0.2) is 12.3 Å². The lowest BCUT2D eigenvalue weighted by atomic mass is 10.1. The van der Waals surface area contributed by atoms with E-state index in [1.807, 2.05) is 4.90 Å². The Morgan fingerprint density at radius 2 is 2.04 bits per heavy atom. The Hall–Kier alpha value is -1.74. The number of nitrogens with zero attached hydrogens (tertiary/aromatic N) is 4. The molecule has 1 aliphatic heterocycles. The van der Waals surface area contributed by atoms with Crippen molar-refractivity contribution in [2.24, 2.45) is 0 Å². The minimum absolute atomic E-state index is 0.00431. The maximum Gasteiger partial charge on any atom is 0.290 e. The summed E-state index contributed by atoms with van der Waals surface area (Å²) in [5, 5.41) is 10.8. The largest absolute Gasteiger partial charge is 0.356 e. The standard InChI is InChI=1S/C14H22N4O4S/c1-4-23(21,22)16(3)12-5-7-17(8-6-12)14-9-11(2)13(10-15-14)18(19)20/h9-10,12H,4-8H2,1-3H3. The van der Waals surface area contributed by atoms with E-state index in [1.165, 1.54) is 10.5 Å². The van der Waals surface area contributed by atoms with Gasteiger partial charge >= 0.3 is 0 Å². The summed E-state index contributed by atoms with van der Waals surface area (Å²) in [5.74, 6) is 0.805. The predicted octanol–water partition coefficient (Wildman–Crippen LogP) is 1.55. The minimum atomic E-state index is -3.18. The van der Waals surface area contributed by atoms with Crippen molar-refractivity contribution in [2.75, 3.05) is 30.8 Å². The normalized spacial score (nSPS) is 16.8. The van der Waals surface area contributed by atoms with Crippen molar-refractivity contribution in [2.45, 2.75) is 32.7 Å². The highest BCUT2D eigenvalue weighted by atomic mass is 32.2. The van der Waals surface area contributed by atoms with Gasteiger partial charge in [-0.1, -0.05) is 0 Å². The van der Waals surface area contributed by atoms with Crippen molar-refractivity contribution in [1.82, 2.24) is 9.29 Å². The topological polar surface area (TPSA) is 96.7 Å². The molecule has 23 heavy (non-hydrogen) atoms. The molecule has 0 unspecified atom stereocenters. The number of aromatic nitrogens is 1. The molecule has 0 bridgehead atoms. The van der Waals surface area contributed by atoms with Crippen LogP contribution in [0, 0.1) is 17.0 Å². The van der Waals surface area contributed by atoms with Gasteiger partial charge in [-0.25, -0.2) is 17.7 Å². The molecule has 1 aliphatic rings. The first-order valence-electron chi connectivity index (χ1n) is 7.58. The van der Waals surface area contributed by atoms with E-state index in [0.29, 0.717) is 37.3 Å². The van der Waals surface area contributed by atoms with Crippen LogP contribution in [0.1, 0.15) is 25.3 Å². The molecule has 1 aromatic heterocycles. The summed E-state index contributed by atoms with van der Waals surface area (Å²) in [6.07, 6.45) is 2.71. The summed E-state index contributed by atoms with van der Waals surface area (Å²) < 4.78 is 25.3. The summed E-state index contributed by atoms with van der Waals surface area (Å²) in [5.41, 5.74) is 0.588. The molecule has 0 spiro atoms. The fraction of sp³-hybridized carbons (Fsp3) is 0.643. The summed E-state index contributed by atoms with van der Waals surface area (Å²) in [4.78, 5) is 16.6. The Labute approximate surface area is 136 Å². The quantitative estimate of drug-likeness (QED) is 0.595. The van der Waals surface area contributed by atoms with Crippen molar-refractivity contribution >= 4 is 21.5 Å². The Kier molecular flexibility index (Phi) is 5.20. The number of sulfonamides is 1. The first-order valence-corrected chi connectivity index (χ1v) is 9.19. The molecule has 8 nitrogen and oxygen atoms in total. The molecule has 128 valence electrons. The van der Waals surface area contributed by atoms with E-state index in [2.05, 4.69) is 4.98 Å². The molecule has 0 saturated carbocycles. The molecule has 1 saturated heterocycles. The average molecular weight is 342 g/mol. The second-order valence-electron chi connectivity index (χ2n) is 5.72. The smallest absolute Gasteiger partial charge is 0.290 e. The summed E-state index contributed by atoms with van der Waals surface area (Å²) in [6.45, 7) is 4.69. The molecule has 0 radical (unpaired) electrons. The highest BCUT2D eigenvalue weighted by Gasteiger charge is 2.29. The third-order valence-electron chi connectivity index (χ3n) is 4.37. The summed E-state index contributed by atoms with van der Waals surface area (Å²) >= 11 is 0. The number of piperidine rings is 1. The van der Waals surface area contributed by atoms with Crippen molar-refractivity contribution in [3.05, 3.63) is 27.9 Å². The summed E-state index contributed by atoms with van der Waals surface area (Å²) in [6, 6.07) is 1.71. The third-order valence-corrected chi connectivity index (χ3v) is 6.28. The molecule has 0 aliphatic carbocycles. The van der Waals surface area contributed by atoms with Crippen LogP contribution in [0.2, 0.25) is 0 Å². The van der Waals surface area contributed by atoms with Gasteiger partial charge in [0.1, 0.15) is 12.0 Å². The predicted molar refractivity (Wildman–Crippen MR) is 88.1 cm³/mol. The van der Waals surface area contributed by atoms with Crippen LogP contribution in [-0.4, -0.2) is 54.6 Å². The van der Waals surface area contributed by atoms with Crippen molar-refractivity contribution in [3.8, 4) is 0 Å². The van der Waals surface area contributed by atoms with Crippen LogP contribution in [0.25, 0.3) is 0 Å². The zero-order valence-corrected chi connectivity index (χ0v) is 14.4. The first-order chi connectivity index (χ1) is 10.8. The average Bonchev–Trinajstić information content (AvgIpc) is 2.53. The number of aryl methyl sites for hydroxylation is 1. The van der Waals surface area contributed by atoms with E-state index in [-0.39, 0.29) is 17.5 Å². The van der Waals surface area contributed by atoms with Crippen LogP contribution >= 0.6 is 0 Å². The number of nitro groups is 1. The van der Waals surface area contributed by atoms with Gasteiger partial charge in [0.15, 0.2) is 0 Å². The summed E-state index contributed by atoms with van der Waals surface area (Å²) in [7, 11) is -1.55. The van der Waals surface area contributed by atoms with E-state index >= 15 is 0 Å². The van der Waals surface area contributed by atoms with Gasteiger partial charge in [-0.3, -0.25) is 10.1 Å². The van der Waals surface area contributed by atoms with Gasteiger partial charge in [-0.15, -0.1) is 0 Å². The van der Waals surface area contributed by atoms with Crippen molar-refractivity contribution in [3.63, 3.8) is 0 Å². The number of hydrogen-bond acceptors (Lipinski definition) is 6. The van der Waals surface area contributed by atoms with E-state index < -0.39 is 14.9 Å². The molecule has 0 amide bonds. The number of pyridine rings is 1. The van der Waals surface area contributed by atoms with Crippen LogP contribution in [0.5, 0.6) is 0 Å². The van der Waals surface area contributed by atoms with Crippen molar-refractivity contribution in [1.29, 1.82) is 0 Å². The lowest BCUT2D eigenvalue weighted by Gasteiger charge is -2.36. The van der Waals surface area contributed by atoms with E-state index in [9.17, 15) is 18.5 Å². The lowest BCUT2D eigenvalue weighted by Crippen LogP contribution is -2.46. The van der Waals surface area contributed by atoms with Gasteiger partial charge in [0.2, 0.25) is 10.0 Å². The van der Waals surface area contributed by atoms with Gasteiger partial charge in [0, 0.05) is 31.7 Å². The first kappa shape index (κ1) is 17.6. The molecule has 1 fully saturated rings. The monoisotopic (exact) mass is 342 g/mol. The Balaban J connectivity index is 2.05. The molecule has 1 aromatic rings. The minimum Gasteiger partial charge on any atom is -0.356 e. The highest BCUT2D eigenvalue weighted by molar-refractivity contribution is 7.89. The Morgan fingerprint density at radius 1 is 1.43 bits per heavy atom. The maximum absolute atomic E-state index is 11.9. The Morgan fingerprint density at radius 3 is 2.52 bits per heavy atom. The van der Waals surface area contributed by atoms with Gasteiger partial charge in [0.25, 0.3) is 5.69 Å². The van der Waals surface area contributed by atoms with Crippen LogP contribution < -0.4 is 4.90 Å². The van der Waals surface area contributed by atoms with E-state index in [1.54, 1.807) is 27.0 Å². The molecule has 9 heteroatoms. The second kappa shape index (κ2) is 6.79. The zero-order chi connectivity index (χ0) is 17.2. The molecular weight excluding hydrogens is 320 g/mol. The fourth-order valence-corrected chi connectivity index (χ4v) is 3.86. The highest BCUT2D eigenvalue weighted by Crippen LogP contribution is 2.25. The molecular formula is C14H22N4O4S. The van der Waals surface area contributed by atoms with Crippen LogP contribution in [0.4, 0.5) is 11.5 Å². The third kappa shape index (κ3) is 3.78. The number of hydrogen-bond donors (Lipinski definition) is 0. The lowest BCUT2D eigenvalue weighted by molar-refractivity contribution is -0.385. The van der Waals surface area contributed by atoms with E-state index in [4.69, 9.17) is 0 Å². The van der Waals surface area contributed by atoms with Crippen LogP contribution in [0.3, 0.4) is 0 Å². The van der Waals surface area contributed by atoms with E-state index in [0.717, 1.165) is 0 Å². The zero-order valence-electron chi connectivity index (χ0n) is 13.6. The van der Waals surface area contributed by atoms with Crippen molar-refractivity contribution < 1.29 is 13.3 Å². The molecule has 0 atom stereocenters. The Bertz CT molecular complexity index is 684. The maximum atomic E-state index is 11.9. The molecule has 0 N–H and O–H groups in total. The fourth-order valence-electron chi connectivity index (χ4n) is 2.79. The molecule has 2 heterocycles. The van der Waals surface area contributed by atoms with Gasteiger partial charge < -0.3 is 4.90 Å². The van der Waals surface area contributed by atoms with Crippen LogP contribution in [-0.2, 0) is 10.0 Å². The number of anilines is 1. The molecule has 0 aromatic carbocycles. The van der Waals surface area contributed by atoms with Gasteiger partial charge in [-0.2, -0.15) is 0 Å².